The van der Waals surface area contributed by atoms with Crippen molar-refractivity contribution in [3.05, 3.63) is 42.0 Å². The van der Waals surface area contributed by atoms with E-state index in [9.17, 15) is 17.6 Å². The number of halogens is 4. The van der Waals surface area contributed by atoms with E-state index in [4.69, 9.17) is 0 Å². The molecule has 0 unspecified atom stereocenters. The Morgan fingerprint density at radius 1 is 1.16 bits per heavy atom. The van der Waals surface area contributed by atoms with Crippen LogP contribution < -0.4 is 0 Å². The van der Waals surface area contributed by atoms with Crippen molar-refractivity contribution in [1.29, 1.82) is 0 Å². The first kappa shape index (κ1) is 13.6. The smallest absolute Gasteiger partial charge is 0.263 e. The Morgan fingerprint density at radius 2 is 1.79 bits per heavy atom. The Labute approximate surface area is 107 Å². The lowest BCUT2D eigenvalue weighted by Crippen LogP contribution is -2.18. The van der Waals surface area contributed by atoms with Crippen molar-refractivity contribution < 1.29 is 17.6 Å². The summed E-state index contributed by atoms with van der Waals surface area (Å²) in [5.74, 6) is -0.385. The van der Waals surface area contributed by atoms with Crippen molar-refractivity contribution in [2.75, 3.05) is 0 Å². The van der Waals surface area contributed by atoms with Gasteiger partial charge < -0.3 is 0 Å². The molecule has 6 heteroatoms. The molecule has 1 aromatic carbocycles. The Kier molecular flexibility index (Phi) is 3.59. The van der Waals surface area contributed by atoms with Crippen LogP contribution in [-0.2, 0) is 13.0 Å². The lowest BCUT2D eigenvalue weighted by atomic mass is 10.1. The molecule has 0 amide bonds. The highest BCUT2D eigenvalue weighted by atomic mass is 19.4. The van der Waals surface area contributed by atoms with Gasteiger partial charge in [-0.3, -0.25) is 4.68 Å². The number of aromatic nitrogens is 2. The van der Waals surface area contributed by atoms with E-state index in [1.807, 2.05) is 6.92 Å². The Bertz CT molecular complexity index is 555. The van der Waals surface area contributed by atoms with Gasteiger partial charge >= 0.3 is 6.18 Å². The quantitative estimate of drug-likeness (QED) is 0.777. The van der Waals surface area contributed by atoms with E-state index in [0.717, 1.165) is 4.68 Å². The van der Waals surface area contributed by atoms with Crippen LogP contribution in [0, 0.1) is 5.82 Å². The van der Waals surface area contributed by atoms with Crippen molar-refractivity contribution >= 4 is 0 Å². The van der Waals surface area contributed by atoms with E-state index in [2.05, 4.69) is 5.10 Å². The monoisotopic (exact) mass is 272 g/mol. The fraction of sp³-hybridized carbons (Fsp3) is 0.308. The summed E-state index contributed by atoms with van der Waals surface area (Å²) in [7, 11) is 0. The van der Waals surface area contributed by atoms with Crippen molar-refractivity contribution in [3.63, 3.8) is 0 Å². The van der Waals surface area contributed by atoms with Gasteiger partial charge in [-0.15, -0.1) is 0 Å². The molecule has 0 fully saturated rings. The minimum atomic E-state index is -4.31. The van der Waals surface area contributed by atoms with Crippen molar-refractivity contribution in [2.24, 2.45) is 0 Å². The highest BCUT2D eigenvalue weighted by Gasteiger charge is 2.29. The molecule has 102 valence electrons. The van der Waals surface area contributed by atoms with Crippen LogP contribution in [0.3, 0.4) is 0 Å². The number of rotatable bonds is 3. The van der Waals surface area contributed by atoms with Gasteiger partial charge in [-0.25, -0.2) is 4.39 Å². The minimum Gasteiger partial charge on any atom is -0.263 e. The molecular weight excluding hydrogens is 260 g/mol. The number of nitrogens with zero attached hydrogens (tertiary/aromatic N) is 2. The molecule has 0 saturated heterocycles. The van der Waals surface area contributed by atoms with Gasteiger partial charge in [0.1, 0.15) is 12.4 Å². The molecular formula is C13H12F4N2. The number of hydrogen-bond acceptors (Lipinski definition) is 1. The molecule has 0 N–H and O–H groups in total. The lowest BCUT2D eigenvalue weighted by Gasteiger charge is -2.05. The maximum Gasteiger partial charge on any atom is 0.408 e. The highest BCUT2D eigenvalue weighted by Crippen LogP contribution is 2.25. The van der Waals surface area contributed by atoms with Gasteiger partial charge in [0.15, 0.2) is 0 Å². The van der Waals surface area contributed by atoms with E-state index in [0.29, 0.717) is 23.2 Å². The number of aryl methyl sites for hydroxylation is 1. The number of alkyl halides is 3. The molecule has 0 aliphatic carbocycles. The van der Waals surface area contributed by atoms with Crippen LogP contribution >= 0.6 is 0 Å². The number of hydrogen-bond donors (Lipinski definition) is 0. The summed E-state index contributed by atoms with van der Waals surface area (Å²) >= 11 is 0. The zero-order chi connectivity index (χ0) is 14.0. The van der Waals surface area contributed by atoms with Crippen molar-refractivity contribution in [3.8, 4) is 11.1 Å². The van der Waals surface area contributed by atoms with Crippen molar-refractivity contribution in [1.82, 2.24) is 9.78 Å². The maximum absolute atomic E-state index is 12.8. The third-order valence-electron chi connectivity index (χ3n) is 2.67. The largest absolute Gasteiger partial charge is 0.408 e. The molecule has 0 atom stereocenters. The summed E-state index contributed by atoms with van der Waals surface area (Å²) in [5.41, 5.74) is 1.83. The average molecular weight is 272 g/mol. The molecule has 2 nitrogen and oxygen atoms in total. The third kappa shape index (κ3) is 3.33. The summed E-state index contributed by atoms with van der Waals surface area (Å²) < 4.78 is 50.7. The van der Waals surface area contributed by atoms with E-state index in [1.54, 1.807) is 0 Å². The summed E-state index contributed by atoms with van der Waals surface area (Å²) in [6.07, 6.45) is -2.45. The number of benzene rings is 1. The predicted molar refractivity (Wildman–Crippen MR) is 63.1 cm³/mol. The normalized spacial score (nSPS) is 11.8. The van der Waals surface area contributed by atoms with Crippen LogP contribution in [0.25, 0.3) is 11.1 Å². The van der Waals surface area contributed by atoms with Crippen LogP contribution in [0.1, 0.15) is 12.6 Å². The molecule has 1 aromatic heterocycles. The second-order valence-electron chi connectivity index (χ2n) is 4.16. The zero-order valence-electron chi connectivity index (χ0n) is 10.2. The van der Waals surface area contributed by atoms with E-state index >= 15 is 0 Å². The molecule has 0 bridgehead atoms. The van der Waals surface area contributed by atoms with Crippen LogP contribution in [0.5, 0.6) is 0 Å². The second kappa shape index (κ2) is 5.03. The highest BCUT2D eigenvalue weighted by molar-refractivity contribution is 5.65. The molecule has 19 heavy (non-hydrogen) atoms. The fourth-order valence-corrected chi connectivity index (χ4v) is 1.86. The Morgan fingerprint density at radius 3 is 2.32 bits per heavy atom. The van der Waals surface area contributed by atoms with Gasteiger partial charge in [-0.2, -0.15) is 18.3 Å². The lowest BCUT2D eigenvalue weighted by molar-refractivity contribution is -0.142. The zero-order valence-corrected chi connectivity index (χ0v) is 10.2. The third-order valence-corrected chi connectivity index (χ3v) is 2.67. The maximum atomic E-state index is 12.8. The van der Waals surface area contributed by atoms with Crippen molar-refractivity contribution in [2.45, 2.75) is 26.1 Å². The Balaban J connectivity index is 2.37. The summed E-state index contributed by atoms with van der Waals surface area (Å²) in [6, 6.07) is 5.61. The van der Waals surface area contributed by atoms with Gasteiger partial charge in [0.05, 0.1) is 5.69 Å². The van der Waals surface area contributed by atoms with Gasteiger partial charge in [0.2, 0.25) is 0 Å². The topological polar surface area (TPSA) is 17.8 Å². The van der Waals surface area contributed by atoms with Crippen LogP contribution in [0.2, 0.25) is 0 Å². The molecule has 0 saturated carbocycles. The molecule has 0 radical (unpaired) electrons. The summed E-state index contributed by atoms with van der Waals surface area (Å²) in [6.45, 7) is 0.689. The predicted octanol–water partition coefficient (Wildman–Crippen LogP) is 3.81. The molecule has 0 aliphatic rings. The molecule has 1 heterocycles. The van der Waals surface area contributed by atoms with Crippen LogP contribution in [0.15, 0.2) is 30.5 Å². The molecule has 2 aromatic rings. The standard InChI is InChI=1S/C13H12F4N2/c1-2-12-11(9-3-5-10(14)6-4-9)7-19(18-12)8-13(15,16)17/h3-7H,2,8H2,1H3. The SMILES string of the molecule is CCc1nn(CC(F)(F)F)cc1-c1ccc(F)cc1. The fourth-order valence-electron chi connectivity index (χ4n) is 1.86. The van der Waals surface area contributed by atoms with E-state index < -0.39 is 12.7 Å². The van der Waals surface area contributed by atoms with Crippen LogP contribution in [-0.4, -0.2) is 16.0 Å². The van der Waals surface area contributed by atoms with E-state index in [-0.39, 0.29) is 5.82 Å². The van der Waals surface area contributed by atoms with E-state index in [1.165, 1.54) is 30.5 Å². The van der Waals surface area contributed by atoms with Gasteiger partial charge in [-0.05, 0) is 24.1 Å². The molecule has 0 spiro atoms. The molecule has 0 aliphatic heterocycles. The van der Waals surface area contributed by atoms with Gasteiger partial charge in [0.25, 0.3) is 0 Å². The van der Waals surface area contributed by atoms with Gasteiger partial charge in [-0.1, -0.05) is 19.1 Å². The van der Waals surface area contributed by atoms with Crippen LogP contribution in [0.4, 0.5) is 17.6 Å². The second-order valence-corrected chi connectivity index (χ2v) is 4.16. The molecule has 2 rings (SSSR count). The first-order valence-corrected chi connectivity index (χ1v) is 5.78. The first-order chi connectivity index (χ1) is 8.89. The summed E-state index contributed by atoms with van der Waals surface area (Å²) in [5, 5.41) is 3.92. The first-order valence-electron chi connectivity index (χ1n) is 5.78. The Hall–Kier alpha value is -1.85. The average Bonchev–Trinajstić information content (AvgIpc) is 2.70. The summed E-state index contributed by atoms with van der Waals surface area (Å²) in [4.78, 5) is 0. The van der Waals surface area contributed by atoms with Gasteiger partial charge in [0, 0.05) is 11.8 Å². The minimum absolute atomic E-state index is 0.385.